The van der Waals surface area contributed by atoms with Crippen molar-refractivity contribution in [2.24, 2.45) is 0 Å². The zero-order valence-electron chi connectivity index (χ0n) is 13.3. The molecular formula is C17H19IN2O4. The highest BCUT2D eigenvalue weighted by Gasteiger charge is 2.68. The van der Waals surface area contributed by atoms with E-state index in [4.69, 9.17) is 4.74 Å². The number of carbonyl (C=O) groups excluding carboxylic acids is 2. The second-order valence-electron chi connectivity index (χ2n) is 6.75. The van der Waals surface area contributed by atoms with Crippen molar-refractivity contribution in [1.82, 2.24) is 9.80 Å². The van der Waals surface area contributed by atoms with Gasteiger partial charge in [0.25, 0.3) is 11.8 Å². The summed E-state index contributed by atoms with van der Waals surface area (Å²) in [5.41, 5.74) is 0.950. The molecule has 2 amide bonds. The van der Waals surface area contributed by atoms with Crippen LogP contribution in [0, 0.1) is 0 Å². The maximum absolute atomic E-state index is 13.0. The van der Waals surface area contributed by atoms with Crippen LogP contribution in [0.5, 0.6) is 0 Å². The average molecular weight is 442 g/mol. The van der Waals surface area contributed by atoms with Crippen molar-refractivity contribution in [3.05, 3.63) is 35.9 Å². The summed E-state index contributed by atoms with van der Waals surface area (Å²) in [7, 11) is 0. The molecule has 4 atom stereocenters. The predicted octanol–water partition coefficient (Wildman–Crippen LogP) is 1.26. The molecule has 0 saturated carbocycles. The highest BCUT2D eigenvalue weighted by atomic mass is 127. The van der Waals surface area contributed by atoms with Crippen molar-refractivity contribution in [3.63, 3.8) is 0 Å². The Morgan fingerprint density at radius 2 is 2.04 bits per heavy atom. The molecule has 0 bridgehead atoms. The fraction of sp³-hybridized carbons (Fsp3) is 0.529. The molecule has 3 fully saturated rings. The van der Waals surface area contributed by atoms with Gasteiger partial charge >= 0.3 is 0 Å². The fourth-order valence-corrected chi connectivity index (χ4v) is 4.65. The predicted molar refractivity (Wildman–Crippen MR) is 94.0 cm³/mol. The highest BCUT2D eigenvalue weighted by Crippen LogP contribution is 2.48. The summed E-state index contributed by atoms with van der Waals surface area (Å²) < 4.78 is 4.64. The van der Waals surface area contributed by atoms with E-state index in [-0.39, 0.29) is 11.8 Å². The molecule has 3 aliphatic heterocycles. The molecule has 4 rings (SSSR count). The number of carbonyl (C=O) groups is 2. The van der Waals surface area contributed by atoms with Gasteiger partial charge in [-0.3, -0.25) is 14.5 Å². The Balaban J connectivity index is 1.77. The number of ether oxygens (including phenoxy) is 1. The molecule has 0 aromatic heterocycles. The van der Waals surface area contributed by atoms with Crippen molar-refractivity contribution in [1.29, 1.82) is 0 Å². The van der Waals surface area contributed by atoms with Crippen LogP contribution in [-0.4, -0.2) is 54.9 Å². The number of hydrogen-bond acceptors (Lipinski definition) is 4. The Bertz CT molecular complexity index is 695. The second kappa shape index (κ2) is 5.40. The molecule has 0 radical (unpaired) electrons. The number of halogens is 1. The Kier molecular flexibility index (Phi) is 3.67. The minimum Gasteiger partial charge on any atom is -0.347 e. The molecule has 3 saturated heterocycles. The smallest absolute Gasteiger partial charge is 0.275 e. The molecule has 0 aliphatic carbocycles. The Labute approximate surface area is 153 Å². The molecule has 3 heterocycles. The largest absolute Gasteiger partial charge is 0.347 e. The van der Waals surface area contributed by atoms with Gasteiger partial charge in [-0.15, -0.1) is 0 Å². The van der Waals surface area contributed by atoms with Crippen LogP contribution in [0.3, 0.4) is 0 Å². The van der Waals surface area contributed by atoms with Gasteiger partial charge in [0.15, 0.2) is 3.61 Å². The van der Waals surface area contributed by atoms with Crippen LogP contribution in [0.25, 0.3) is 0 Å². The van der Waals surface area contributed by atoms with Crippen molar-refractivity contribution in [2.45, 2.75) is 47.8 Å². The van der Waals surface area contributed by atoms with Crippen LogP contribution in [0.2, 0.25) is 0 Å². The monoisotopic (exact) mass is 442 g/mol. The van der Waals surface area contributed by atoms with E-state index in [0.717, 1.165) is 12.0 Å². The summed E-state index contributed by atoms with van der Waals surface area (Å²) in [6.45, 7) is 2.23. The molecule has 1 N–H and O–H groups in total. The first kappa shape index (κ1) is 16.3. The Morgan fingerprint density at radius 3 is 2.75 bits per heavy atom. The van der Waals surface area contributed by atoms with E-state index in [1.54, 1.807) is 11.8 Å². The number of benzene rings is 1. The summed E-state index contributed by atoms with van der Waals surface area (Å²) in [5, 5.41) is 11.2. The van der Waals surface area contributed by atoms with Crippen LogP contribution >= 0.6 is 22.6 Å². The average Bonchev–Trinajstić information content (AvgIpc) is 3.09. The molecule has 0 spiro atoms. The standard InChI is InChI=1S/C17H19IN2O4/c1-16(18)15(22)20-12(10-11-6-3-2-4-7-11)14(21)19-9-5-8-13(19)17(20,23)24-16/h2-4,6-7,12-13,23H,5,8-10H2,1H3/t12-,13-,16+,17-/m0/s1. The summed E-state index contributed by atoms with van der Waals surface area (Å²) in [6, 6.07) is 8.33. The van der Waals surface area contributed by atoms with E-state index in [0.29, 0.717) is 19.4 Å². The minimum atomic E-state index is -1.74. The molecular weight excluding hydrogens is 423 g/mol. The normalized spacial score (nSPS) is 38.5. The first-order valence-corrected chi connectivity index (χ1v) is 9.22. The lowest BCUT2D eigenvalue weighted by Gasteiger charge is -2.48. The van der Waals surface area contributed by atoms with Gasteiger partial charge in [0, 0.05) is 13.0 Å². The number of amides is 2. The quantitative estimate of drug-likeness (QED) is 0.553. The number of fused-ring (bicyclic) bond motifs is 3. The molecule has 128 valence electrons. The SMILES string of the molecule is C[C@@]1(I)O[C@@]2(O)[C@@H]3CCCN3C(=O)[C@H](Cc3ccccc3)N2C1=O. The van der Waals surface area contributed by atoms with E-state index in [1.165, 1.54) is 4.90 Å². The molecule has 1 aromatic rings. The van der Waals surface area contributed by atoms with E-state index in [1.807, 2.05) is 52.9 Å². The number of piperazine rings is 1. The van der Waals surface area contributed by atoms with Gasteiger partial charge in [-0.25, -0.2) is 0 Å². The van der Waals surface area contributed by atoms with Gasteiger partial charge in [0.1, 0.15) is 12.1 Å². The van der Waals surface area contributed by atoms with Gasteiger partial charge in [-0.05, 0) is 47.9 Å². The van der Waals surface area contributed by atoms with Crippen LogP contribution in [0.4, 0.5) is 0 Å². The first-order chi connectivity index (χ1) is 11.3. The van der Waals surface area contributed by atoms with E-state index < -0.39 is 21.6 Å². The van der Waals surface area contributed by atoms with Crippen LogP contribution < -0.4 is 0 Å². The van der Waals surface area contributed by atoms with Crippen molar-refractivity contribution in [2.75, 3.05) is 6.54 Å². The van der Waals surface area contributed by atoms with Gasteiger partial charge in [-0.2, -0.15) is 0 Å². The zero-order valence-corrected chi connectivity index (χ0v) is 15.5. The third-order valence-corrected chi connectivity index (χ3v) is 5.81. The highest BCUT2D eigenvalue weighted by molar-refractivity contribution is 14.1. The number of rotatable bonds is 2. The number of hydrogen-bond donors (Lipinski definition) is 1. The molecule has 7 heteroatoms. The van der Waals surface area contributed by atoms with Gasteiger partial charge in [0.05, 0.1) is 0 Å². The lowest BCUT2D eigenvalue weighted by atomic mass is 9.96. The van der Waals surface area contributed by atoms with Crippen LogP contribution in [-0.2, 0) is 20.7 Å². The zero-order chi connectivity index (χ0) is 17.1. The van der Waals surface area contributed by atoms with E-state index in [2.05, 4.69) is 0 Å². The summed E-state index contributed by atoms with van der Waals surface area (Å²) in [6.07, 6.45) is 1.81. The summed E-state index contributed by atoms with van der Waals surface area (Å²) in [4.78, 5) is 28.9. The van der Waals surface area contributed by atoms with Crippen molar-refractivity contribution < 1.29 is 19.4 Å². The van der Waals surface area contributed by atoms with Gasteiger partial charge < -0.3 is 14.7 Å². The maximum Gasteiger partial charge on any atom is 0.275 e. The Hall–Kier alpha value is -1.19. The summed E-state index contributed by atoms with van der Waals surface area (Å²) >= 11 is 1.91. The van der Waals surface area contributed by atoms with Gasteiger partial charge in [0.2, 0.25) is 5.91 Å². The first-order valence-electron chi connectivity index (χ1n) is 8.14. The summed E-state index contributed by atoms with van der Waals surface area (Å²) in [5.74, 6) is -2.18. The number of nitrogens with zero attached hydrogens (tertiary/aromatic N) is 2. The van der Waals surface area contributed by atoms with Crippen molar-refractivity contribution >= 4 is 34.4 Å². The fourth-order valence-electron chi connectivity index (χ4n) is 4.07. The lowest BCUT2D eigenvalue weighted by molar-refractivity contribution is -0.301. The molecule has 3 aliphatic rings. The van der Waals surface area contributed by atoms with Crippen LogP contribution in [0.1, 0.15) is 25.3 Å². The third kappa shape index (κ3) is 2.21. The second-order valence-corrected chi connectivity index (χ2v) is 8.81. The Morgan fingerprint density at radius 1 is 1.33 bits per heavy atom. The van der Waals surface area contributed by atoms with Crippen molar-refractivity contribution in [3.8, 4) is 0 Å². The lowest BCUT2D eigenvalue weighted by Crippen LogP contribution is -2.71. The van der Waals surface area contributed by atoms with Gasteiger partial charge in [-0.1, -0.05) is 30.3 Å². The topological polar surface area (TPSA) is 70.1 Å². The molecule has 0 unspecified atom stereocenters. The molecule has 24 heavy (non-hydrogen) atoms. The minimum absolute atomic E-state index is 0.0999. The molecule has 6 nitrogen and oxygen atoms in total. The number of alkyl halides is 1. The van der Waals surface area contributed by atoms with E-state index >= 15 is 0 Å². The number of aliphatic hydroxyl groups is 1. The third-order valence-electron chi connectivity index (χ3n) is 5.13. The molecule has 1 aromatic carbocycles. The van der Waals surface area contributed by atoms with E-state index in [9.17, 15) is 14.7 Å². The van der Waals surface area contributed by atoms with Crippen LogP contribution in [0.15, 0.2) is 30.3 Å². The maximum atomic E-state index is 13.0.